The van der Waals surface area contributed by atoms with Crippen LogP contribution in [0, 0.1) is 5.92 Å². The van der Waals surface area contributed by atoms with E-state index in [0.29, 0.717) is 30.4 Å². The summed E-state index contributed by atoms with van der Waals surface area (Å²) in [6, 6.07) is 14.5. The van der Waals surface area contributed by atoms with Gasteiger partial charge in [0.2, 0.25) is 0 Å². The van der Waals surface area contributed by atoms with E-state index in [9.17, 15) is 13.2 Å². The second-order valence-corrected chi connectivity index (χ2v) is 9.26. The third-order valence-corrected chi connectivity index (χ3v) is 6.45. The van der Waals surface area contributed by atoms with Gasteiger partial charge < -0.3 is 26.4 Å². The van der Waals surface area contributed by atoms with E-state index in [-0.39, 0.29) is 36.6 Å². The van der Waals surface area contributed by atoms with E-state index < -0.39 is 12.0 Å². The van der Waals surface area contributed by atoms with Gasteiger partial charge >= 0.3 is 6.36 Å². The Hall–Kier alpha value is -2.20. The summed E-state index contributed by atoms with van der Waals surface area (Å²) >= 11 is 0. The van der Waals surface area contributed by atoms with Gasteiger partial charge in [0.05, 0.1) is 6.04 Å². The van der Waals surface area contributed by atoms with Gasteiger partial charge in [0.15, 0.2) is 5.96 Å². The van der Waals surface area contributed by atoms with Crippen molar-refractivity contribution in [3.8, 4) is 5.75 Å². The molecular weight excluding hydrogens is 514 g/mol. The van der Waals surface area contributed by atoms with Crippen LogP contribution in [0.2, 0.25) is 0 Å². The number of benzene rings is 2. The number of halogens is 5. The molecule has 200 valence electrons. The standard InChI is InChI=1S/C25H32F3N5O.2ClH/c1-24(29)20-7-3-4-8-21(20)32-23(33-24)31-19-12-10-17(11-13-19)16-30-15-14-18-6-2-5-9-22(18)34-25(26,27)28;;/h2-9,17,19,30H,10-16,29H2,1H3,(H2,31,32,33);2*1H. The summed E-state index contributed by atoms with van der Waals surface area (Å²) in [7, 11) is 0. The number of anilines is 1. The van der Waals surface area contributed by atoms with E-state index in [4.69, 9.17) is 10.7 Å². The van der Waals surface area contributed by atoms with Crippen LogP contribution in [-0.2, 0) is 12.1 Å². The lowest BCUT2D eigenvalue weighted by molar-refractivity contribution is -0.274. The molecule has 0 saturated heterocycles. The first kappa shape index (κ1) is 30.0. The van der Waals surface area contributed by atoms with E-state index in [2.05, 4.69) is 20.7 Å². The number of hydrogen-bond donors (Lipinski definition) is 4. The first-order valence-corrected chi connectivity index (χ1v) is 11.8. The van der Waals surface area contributed by atoms with Gasteiger partial charge in [0, 0.05) is 11.3 Å². The van der Waals surface area contributed by atoms with Crippen LogP contribution in [-0.4, -0.2) is 31.5 Å². The van der Waals surface area contributed by atoms with Gasteiger partial charge in [-0.1, -0.05) is 36.4 Å². The fraction of sp³-hybridized carbons (Fsp3) is 0.480. The van der Waals surface area contributed by atoms with Crippen molar-refractivity contribution in [1.82, 2.24) is 10.6 Å². The van der Waals surface area contributed by atoms with Gasteiger partial charge in [0.1, 0.15) is 11.4 Å². The summed E-state index contributed by atoms with van der Waals surface area (Å²) < 4.78 is 41.9. The molecule has 1 aliphatic carbocycles. The highest BCUT2D eigenvalue weighted by atomic mass is 35.5. The summed E-state index contributed by atoms with van der Waals surface area (Å²) in [6.07, 6.45) is -0.113. The van der Waals surface area contributed by atoms with Gasteiger partial charge in [0.25, 0.3) is 0 Å². The van der Waals surface area contributed by atoms with Crippen molar-refractivity contribution >= 4 is 36.5 Å². The third kappa shape index (κ3) is 8.16. The Labute approximate surface area is 222 Å². The van der Waals surface area contributed by atoms with Gasteiger partial charge in [-0.05, 0) is 75.7 Å². The molecule has 4 rings (SSSR count). The summed E-state index contributed by atoms with van der Waals surface area (Å²) in [5.74, 6) is 1.12. The van der Waals surface area contributed by atoms with Crippen molar-refractivity contribution in [3.05, 3.63) is 59.7 Å². The minimum atomic E-state index is -4.68. The topological polar surface area (TPSA) is 83.7 Å². The van der Waals surface area contributed by atoms with Crippen molar-refractivity contribution < 1.29 is 17.9 Å². The molecule has 6 nitrogen and oxygen atoms in total. The second kappa shape index (κ2) is 12.9. The summed E-state index contributed by atoms with van der Waals surface area (Å²) in [4.78, 5) is 4.89. The molecular formula is C25H34Cl2F3N5O. The van der Waals surface area contributed by atoms with Crippen LogP contribution in [0.15, 0.2) is 53.5 Å². The van der Waals surface area contributed by atoms with Crippen LogP contribution >= 0.6 is 24.8 Å². The Kier molecular flexibility index (Phi) is 10.7. The van der Waals surface area contributed by atoms with Crippen molar-refractivity contribution in [2.24, 2.45) is 16.6 Å². The molecule has 11 heteroatoms. The molecule has 1 fully saturated rings. The Morgan fingerprint density at radius 3 is 2.44 bits per heavy atom. The Balaban J connectivity index is 0.00000228. The number of fused-ring (bicyclic) bond motifs is 1. The number of ether oxygens (including phenoxy) is 1. The van der Waals surface area contributed by atoms with Crippen molar-refractivity contribution in [2.75, 3.05) is 18.4 Å². The minimum absolute atomic E-state index is 0. The predicted molar refractivity (Wildman–Crippen MR) is 142 cm³/mol. The lowest BCUT2D eigenvalue weighted by Gasteiger charge is -2.36. The maximum atomic E-state index is 12.6. The van der Waals surface area contributed by atoms with E-state index >= 15 is 0 Å². The van der Waals surface area contributed by atoms with Crippen molar-refractivity contribution in [1.29, 1.82) is 0 Å². The summed E-state index contributed by atoms with van der Waals surface area (Å²) in [5.41, 5.74) is 8.31. The zero-order chi connectivity index (χ0) is 24.2. The molecule has 36 heavy (non-hydrogen) atoms. The molecule has 1 unspecified atom stereocenters. The first-order chi connectivity index (χ1) is 16.2. The van der Waals surface area contributed by atoms with Crippen LogP contribution in [0.5, 0.6) is 5.75 Å². The van der Waals surface area contributed by atoms with Crippen LogP contribution in [0.3, 0.4) is 0 Å². The van der Waals surface area contributed by atoms with E-state index in [0.717, 1.165) is 43.5 Å². The number of alkyl halides is 3. The quantitative estimate of drug-likeness (QED) is 0.352. The number of rotatable bonds is 7. The van der Waals surface area contributed by atoms with E-state index in [1.165, 1.54) is 6.07 Å². The largest absolute Gasteiger partial charge is 0.573 e. The molecule has 1 aliphatic heterocycles. The zero-order valence-corrected chi connectivity index (χ0v) is 21.7. The van der Waals surface area contributed by atoms with Crippen LogP contribution in [0.25, 0.3) is 0 Å². The third-order valence-electron chi connectivity index (χ3n) is 6.45. The summed E-state index contributed by atoms with van der Waals surface area (Å²) in [5, 5.41) is 10.1. The molecule has 0 amide bonds. The van der Waals surface area contributed by atoms with Crippen LogP contribution in [0.4, 0.5) is 18.9 Å². The normalized spacial score (nSPS) is 24.4. The maximum Gasteiger partial charge on any atom is 0.573 e. The maximum absolute atomic E-state index is 12.6. The number of nitrogens with zero attached hydrogens (tertiary/aromatic N) is 1. The second-order valence-electron chi connectivity index (χ2n) is 9.26. The fourth-order valence-electron chi connectivity index (χ4n) is 4.71. The monoisotopic (exact) mass is 547 g/mol. The van der Waals surface area contributed by atoms with E-state index in [1.54, 1.807) is 18.2 Å². The highest BCUT2D eigenvalue weighted by Gasteiger charge is 2.32. The van der Waals surface area contributed by atoms with Crippen LogP contribution in [0.1, 0.15) is 43.7 Å². The van der Waals surface area contributed by atoms with E-state index in [1.807, 2.05) is 31.2 Å². The SMILES string of the molecule is CC1(N)NC(=NC2CCC(CNCCc3ccccc3OC(F)(F)F)CC2)Nc2ccccc21.Cl.Cl. The number of aliphatic imine (C=N–C) groups is 1. The number of para-hydroxylation sites is 2. The number of hydrogen-bond acceptors (Lipinski definition) is 4. The van der Waals surface area contributed by atoms with Gasteiger partial charge in [-0.15, -0.1) is 38.0 Å². The number of nitrogens with one attached hydrogen (secondary N) is 3. The lowest BCUT2D eigenvalue weighted by atomic mass is 9.86. The average Bonchev–Trinajstić information content (AvgIpc) is 2.77. The number of guanidine groups is 1. The molecule has 2 aromatic carbocycles. The molecule has 1 atom stereocenters. The molecule has 0 aromatic heterocycles. The predicted octanol–water partition coefficient (Wildman–Crippen LogP) is 5.32. The molecule has 5 N–H and O–H groups in total. The molecule has 1 heterocycles. The first-order valence-electron chi connectivity index (χ1n) is 11.8. The highest BCUT2D eigenvalue weighted by molar-refractivity contribution is 5.97. The van der Waals surface area contributed by atoms with Crippen LogP contribution < -0.4 is 26.4 Å². The van der Waals surface area contributed by atoms with Gasteiger partial charge in [-0.3, -0.25) is 0 Å². The van der Waals surface area contributed by atoms with Crippen molar-refractivity contribution in [3.63, 3.8) is 0 Å². The average molecular weight is 548 g/mol. The molecule has 1 saturated carbocycles. The fourth-order valence-corrected chi connectivity index (χ4v) is 4.71. The number of nitrogens with two attached hydrogens (primary N) is 1. The lowest BCUT2D eigenvalue weighted by Crippen LogP contribution is -2.56. The molecule has 0 bridgehead atoms. The molecule has 2 aromatic rings. The highest BCUT2D eigenvalue weighted by Crippen LogP contribution is 2.30. The Bertz CT molecular complexity index is 1010. The van der Waals surface area contributed by atoms with Gasteiger partial charge in [-0.2, -0.15) is 0 Å². The van der Waals surface area contributed by atoms with Crippen molar-refractivity contribution in [2.45, 2.75) is 57.1 Å². The Morgan fingerprint density at radius 2 is 1.72 bits per heavy atom. The molecule has 0 spiro atoms. The smallest absolute Gasteiger partial charge is 0.406 e. The van der Waals surface area contributed by atoms with Gasteiger partial charge in [-0.25, -0.2) is 4.99 Å². The Morgan fingerprint density at radius 1 is 1.06 bits per heavy atom. The molecule has 0 radical (unpaired) electrons. The zero-order valence-electron chi connectivity index (χ0n) is 20.1. The molecule has 2 aliphatic rings. The minimum Gasteiger partial charge on any atom is -0.406 e. The summed E-state index contributed by atoms with van der Waals surface area (Å²) in [6.45, 7) is 3.39.